The molecule has 0 radical (unpaired) electrons. The Hall–Kier alpha value is -1.60. The molecule has 0 saturated heterocycles. The zero-order valence-electron chi connectivity index (χ0n) is 10.0. The maximum absolute atomic E-state index is 11.5. The van der Waals surface area contributed by atoms with Crippen LogP contribution in [-0.4, -0.2) is 37.4 Å². The maximum Gasteiger partial charge on any atom is 0.337 e. The van der Waals surface area contributed by atoms with Crippen molar-refractivity contribution in [1.82, 2.24) is 0 Å². The lowest BCUT2D eigenvalue weighted by Gasteiger charge is -2.08. The first-order valence-electron chi connectivity index (χ1n) is 5.19. The number of anilines is 1. The molecule has 0 spiro atoms. The molecule has 0 aromatic heterocycles. The summed E-state index contributed by atoms with van der Waals surface area (Å²) >= 11 is 5.71. The third kappa shape index (κ3) is 5.27. The van der Waals surface area contributed by atoms with Gasteiger partial charge in [0, 0.05) is 17.7 Å². The molecule has 0 aliphatic heterocycles. The molecule has 1 amide bonds. The normalized spacial score (nSPS) is 11.1. The van der Waals surface area contributed by atoms with E-state index in [1.807, 2.05) is 0 Å². The van der Waals surface area contributed by atoms with E-state index in [-0.39, 0.29) is 28.4 Å². The first-order chi connectivity index (χ1) is 8.69. The second-order valence-corrected chi connectivity index (χ2v) is 6.62. The van der Waals surface area contributed by atoms with Gasteiger partial charge in [0.2, 0.25) is 5.91 Å². The van der Waals surface area contributed by atoms with Gasteiger partial charge in [-0.25, -0.2) is 13.2 Å². The highest BCUT2D eigenvalue weighted by Crippen LogP contribution is 2.21. The monoisotopic (exact) mass is 305 g/mol. The van der Waals surface area contributed by atoms with Crippen molar-refractivity contribution in [3.05, 3.63) is 28.8 Å². The number of carboxylic acid groups (broad SMARTS) is 1. The van der Waals surface area contributed by atoms with Crippen LogP contribution in [0.1, 0.15) is 16.8 Å². The van der Waals surface area contributed by atoms with E-state index in [9.17, 15) is 18.0 Å². The lowest BCUT2D eigenvalue weighted by Crippen LogP contribution is -2.18. The number of nitrogens with one attached hydrogen (secondary N) is 1. The van der Waals surface area contributed by atoms with E-state index < -0.39 is 21.7 Å². The fourth-order valence-corrected chi connectivity index (χ4v) is 2.03. The van der Waals surface area contributed by atoms with E-state index in [0.29, 0.717) is 0 Å². The standard InChI is InChI=1S/C11H12ClNO5S/c1-19(17,18)5-4-10(14)13-9-6-7(12)2-3-8(9)11(15)16/h2-3,6H,4-5H2,1H3,(H,13,14)(H,15,16). The Morgan fingerprint density at radius 1 is 1.37 bits per heavy atom. The SMILES string of the molecule is CS(=O)(=O)CCC(=O)Nc1cc(Cl)ccc1C(=O)O. The fraction of sp³-hybridized carbons (Fsp3) is 0.273. The minimum atomic E-state index is -3.25. The number of carbonyl (C=O) groups excluding carboxylic acids is 1. The van der Waals surface area contributed by atoms with E-state index in [2.05, 4.69) is 5.32 Å². The third-order valence-electron chi connectivity index (χ3n) is 2.19. The van der Waals surface area contributed by atoms with Gasteiger partial charge in [0.05, 0.1) is 17.0 Å². The Morgan fingerprint density at radius 2 is 2.00 bits per heavy atom. The Balaban J connectivity index is 2.84. The highest BCUT2D eigenvalue weighted by atomic mass is 35.5. The van der Waals surface area contributed by atoms with E-state index in [1.165, 1.54) is 18.2 Å². The van der Waals surface area contributed by atoms with Gasteiger partial charge in [-0.3, -0.25) is 4.79 Å². The molecule has 104 valence electrons. The smallest absolute Gasteiger partial charge is 0.337 e. The van der Waals surface area contributed by atoms with Crippen LogP contribution in [0.5, 0.6) is 0 Å². The zero-order valence-corrected chi connectivity index (χ0v) is 11.6. The van der Waals surface area contributed by atoms with Gasteiger partial charge in [0.25, 0.3) is 0 Å². The first-order valence-corrected chi connectivity index (χ1v) is 7.63. The van der Waals surface area contributed by atoms with Crippen molar-refractivity contribution in [3.63, 3.8) is 0 Å². The van der Waals surface area contributed by atoms with Crippen LogP contribution in [0.2, 0.25) is 5.02 Å². The van der Waals surface area contributed by atoms with Crippen LogP contribution < -0.4 is 5.32 Å². The Morgan fingerprint density at radius 3 is 2.53 bits per heavy atom. The van der Waals surface area contributed by atoms with Crippen LogP contribution in [-0.2, 0) is 14.6 Å². The minimum absolute atomic E-state index is 0.0403. The van der Waals surface area contributed by atoms with Crippen molar-refractivity contribution in [2.75, 3.05) is 17.3 Å². The largest absolute Gasteiger partial charge is 0.478 e. The van der Waals surface area contributed by atoms with Crippen LogP contribution in [0.15, 0.2) is 18.2 Å². The van der Waals surface area contributed by atoms with Gasteiger partial charge in [-0.2, -0.15) is 0 Å². The molecule has 1 aromatic rings. The molecule has 0 aliphatic carbocycles. The van der Waals surface area contributed by atoms with Crippen molar-refractivity contribution >= 4 is 39.0 Å². The molecule has 1 rings (SSSR count). The summed E-state index contributed by atoms with van der Waals surface area (Å²) in [6.45, 7) is 0. The van der Waals surface area contributed by atoms with Gasteiger partial charge in [-0.15, -0.1) is 0 Å². The number of hydrogen-bond donors (Lipinski definition) is 2. The number of rotatable bonds is 5. The second kappa shape index (κ2) is 6.03. The summed E-state index contributed by atoms with van der Waals surface area (Å²) in [5, 5.41) is 11.5. The van der Waals surface area contributed by atoms with E-state index in [1.54, 1.807) is 0 Å². The number of amides is 1. The number of hydrogen-bond acceptors (Lipinski definition) is 4. The van der Waals surface area contributed by atoms with Crippen molar-refractivity contribution in [2.45, 2.75) is 6.42 Å². The molecule has 6 nitrogen and oxygen atoms in total. The van der Waals surface area contributed by atoms with Crippen molar-refractivity contribution < 1.29 is 23.1 Å². The summed E-state index contributed by atoms with van der Waals surface area (Å²) in [6, 6.07) is 3.94. The summed E-state index contributed by atoms with van der Waals surface area (Å²) in [5.74, 6) is -2.10. The van der Waals surface area contributed by atoms with Crippen LogP contribution in [0.4, 0.5) is 5.69 Å². The quantitative estimate of drug-likeness (QED) is 0.856. The summed E-state index contributed by atoms with van der Waals surface area (Å²) in [7, 11) is -3.25. The molecule has 0 saturated carbocycles. The molecule has 0 fully saturated rings. The summed E-state index contributed by atoms with van der Waals surface area (Å²) in [4.78, 5) is 22.5. The highest BCUT2D eigenvalue weighted by Gasteiger charge is 2.14. The van der Waals surface area contributed by atoms with Crippen LogP contribution >= 0.6 is 11.6 Å². The second-order valence-electron chi connectivity index (χ2n) is 3.92. The topological polar surface area (TPSA) is 101 Å². The number of benzene rings is 1. The van der Waals surface area contributed by atoms with Crippen LogP contribution in [0.3, 0.4) is 0 Å². The minimum Gasteiger partial charge on any atom is -0.478 e. The maximum atomic E-state index is 11.5. The number of carbonyl (C=O) groups is 2. The molecule has 2 N–H and O–H groups in total. The average Bonchev–Trinajstić information content (AvgIpc) is 2.25. The van der Waals surface area contributed by atoms with E-state index in [4.69, 9.17) is 16.7 Å². The van der Waals surface area contributed by atoms with Gasteiger partial charge < -0.3 is 10.4 Å². The molecule has 0 unspecified atom stereocenters. The van der Waals surface area contributed by atoms with Gasteiger partial charge in [0.15, 0.2) is 0 Å². The highest BCUT2D eigenvalue weighted by molar-refractivity contribution is 7.90. The molecule has 19 heavy (non-hydrogen) atoms. The molecule has 0 aliphatic rings. The predicted octanol–water partition coefficient (Wildman–Crippen LogP) is 1.41. The lowest BCUT2D eigenvalue weighted by molar-refractivity contribution is -0.115. The third-order valence-corrected chi connectivity index (χ3v) is 3.37. The zero-order chi connectivity index (χ0) is 14.6. The number of sulfone groups is 1. The lowest BCUT2D eigenvalue weighted by atomic mass is 10.2. The van der Waals surface area contributed by atoms with Crippen molar-refractivity contribution in [2.24, 2.45) is 0 Å². The molecular weight excluding hydrogens is 294 g/mol. The van der Waals surface area contributed by atoms with Gasteiger partial charge in [-0.1, -0.05) is 11.6 Å². The number of aromatic carboxylic acids is 1. The van der Waals surface area contributed by atoms with Crippen LogP contribution in [0.25, 0.3) is 0 Å². The van der Waals surface area contributed by atoms with Crippen molar-refractivity contribution in [3.8, 4) is 0 Å². The first kappa shape index (κ1) is 15.5. The molecule has 0 bridgehead atoms. The van der Waals surface area contributed by atoms with Gasteiger partial charge >= 0.3 is 5.97 Å². The van der Waals surface area contributed by atoms with Crippen LogP contribution in [0, 0.1) is 0 Å². The Kier molecular flexibility index (Phi) is 4.90. The number of carboxylic acids is 1. The van der Waals surface area contributed by atoms with Gasteiger partial charge in [-0.05, 0) is 18.2 Å². The van der Waals surface area contributed by atoms with E-state index in [0.717, 1.165) is 6.26 Å². The molecule has 0 atom stereocenters. The fourth-order valence-electron chi connectivity index (χ4n) is 1.30. The molecule has 0 heterocycles. The van der Waals surface area contributed by atoms with E-state index >= 15 is 0 Å². The molecule has 8 heteroatoms. The Bertz CT molecular complexity index is 612. The molecular formula is C11H12ClNO5S. The summed E-state index contributed by atoms with van der Waals surface area (Å²) in [5.41, 5.74) is -0.0735. The van der Waals surface area contributed by atoms with Gasteiger partial charge in [0.1, 0.15) is 9.84 Å². The summed E-state index contributed by atoms with van der Waals surface area (Å²) in [6.07, 6.45) is 0.771. The average molecular weight is 306 g/mol. The summed E-state index contributed by atoms with van der Waals surface area (Å²) < 4.78 is 21.8. The Labute approximate surface area is 115 Å². The molecule has 1 aromatic carbocycles. The van der Waals surface area contributed by atoms with Crippen molar-refractivity contribution in [1.29, 1.82) is 0 Å². The predicted molar refractivity (Wildman–Crippen MR) is 71.4 cm³/mol. The number of halogens is 1.